The van der Waals surface area contributed by atoms with E-state index in [1.165, 1.54) is 0 Å². The van der Waals surface area contributed by atoms with Crippen molar-refractivity contribution in [3.05, 3.63) is 0 Å². The zero-order valence-electron chi connectivity index (χ0n) is 34.0. The minimum absolute atomic E-state index is 0.163. The summed E-state index contributed by atoms with van der Waals surface area (Å²) in [6, 6.07) is 0. The van der Waals surface area contributed by atoms with E-state index in [2.05, 4.69) is 0 Å². The Kier molecular flexibility index (Phi) is 16.0. The lowest BCUT2D eigenvalue weighted by Crippen LogP contribution is -2.66. The Balaban J connectivity index is 0.858. The third-order valence-electron chi connectivity index (χ3n) is 12.9. The van der Waals surface area contributed by atoms with Gasteiger partial charge in [0.2, 0.25) is 0 Å². The summed E-state index contributed by atoms with van der Waals surface area (Å²) in [6.07, 6.45) is -47.5. The molecule has 30 atom stereocenters. The molecule has 0 saturated carbocycles. The summed E-state index contributed by atoms with van der Waals surface area (Å²) in [4.78, 5) is 0. The van der Waals surface area contributed by atoms with Crippen molar-refractivity contribution in [2.45, 2.75) is 184 Å². The zero-order valence-corrected chi connectivity index (χ0v) is 34.0. The van der Waals surface area contributed by atoms with E-state index in [0.29, 0.717) is 0 Å². The smallest absolute Gasteiger partial charge is 0.187 e. The number of fused-ring (bicyclic) bond motifs is 4. The summed E-state index contributed by atoms with van der Waals surface area (Å²) in [5.41, 5.74) is 0. The van der Waals surface area contributed by atoms with E-state index < -0.39 is 211 Å². The van der Waals surface area contributed by atoms with Crippen molar-refractivity contribution in [3.8, 4) is 0 Å². The van der Waals surface area contributed by atoms with Crippen LogP contribution in [0.5, 0.6) is 0 Å². The van der Waals surface area contributed by atoms with Crippen molar-refractivity contribution in [2.75, 3.05) is 39.6 Å². The normalized spacial score (nSPS) is 55.9. The molecule has 1 unspecified atom stereocenters. The minimum Gasteiger partial charge on any atom is -0.394 e. The second-order valence-corrected chi connectivity index (χ2v) is 17.0. The molecular formula is C36H58O29. The molecule has 65 heavy (non-hydrogen) atoms. The molecule has 8 heterocycles. The molecule has 0 spiro atoms. The minimum atomic E-state index is -1.97. The summed E-state index contributed by atoms with van der Waals surface area (Å²) in [7, 11) is 0. The van der Waals surface area contributed by atoms with Gasteiger partial charge in [0.05, 0.1) is 39.6 Å². The Bertz CT molecular complexity index is 1530. The summed E-state index contributed by atoms with van der Waals surface area (Å²) in [5, 5.41) is 168. The van der Waals surface area contributed by atoms with Gasteiger partial charge in [0.1, 0.15) is 146 Å². The van der Waals surface area contributed by atoms with Gasteiger partial charge in [-0.1, -0.05) is 0 Å². The molecule has 8 aliphatic rings. The molecule has 8 aliphatic heterocycles. The fourth-order valence-electron chi connectivity index (χ4n) is 9.26. The van der Waals surface area contributed by atoms with E-state index in [9.17, 15) is 81.7 Å². The maximum Gasteiger partial charge on any atom is 0.187 e. The number of ether oxygens (including phenoxy) is 13. The van der Waals surface area contributed by atoms with Crippen LogP contribution in [-0.2, 0) is 61.6 Å². The highest BCUT2D eigenvalue weighted by Crippen LogP contribution is 2.40. The van der Waals surface area contributed by atoms with Crippen molar-refractivity contribution in [3.63, 3.8) is 0 Å². The Hall–Kier alpha value is -1.16. The topological polar surface area (TPSA) is 444 Å². The van der Waals surface area contributed by atoms with E-state index in [1.54, 1.807) is 0 Å². The molecule has 29 nitrogen and oxygen atoms in total. The zero-order chi connectivity index (χ0) is 46.8. The summed E-state index contributed by atoms with van der Waals surface area (Å²) in [5.74, 6) is 0. The van der Waals surface area contributed by atoms with Gasteiger partial charge in [-0.2, -0.15) is 0 Å². The molecule has 8 rings (SSSR count). The fourth-order valence-corrected chi connectivity index (χ4v) is 9.26. The van der Waals surface area contributed by atoms with Crippen LogP contribution < -0.4 is 0 Å². The molecule has 0 radical (unpaired) electrons. The van der Waals surface area contributed by atoms with Crippen LogP contribution >= 0.6 is 0 Å². The average molecular weight is 955 g/mol. The Labute approximate surface area is 367 Å². The van der Waals surface area contributed by atoms with Crippen LogP contribution in [0.1, 0.15) is 0 Å². The van der Waals surface area contributed by atoms with Crippen LogP contribution in [0.25, 0.3) is 0 Å². The molecule has 16 N–H and O–H groups in total. The fraction of sp³-hybridized carbons (Fsp3) is 1.00. The molecule has 0 aromatic carbocycles. The van der Waals surface area contributed by atoms with Crippen LogP contribution in [0.15, 0.2) is 0 Å². The summed E-state index contributed by atoms with van der Waals surface area (Å²) in [6.45, 7) is -3.60. The first-order valence-electron chi connectivity index (χ1n) is 21.0. The van der Waals surface area contributed by atoms with E-state index in [-0.39, 0.29) is 13.2 Å². The number of aliphatic hydroxyl groups is 16. The molecule has 0 aromatic heterocycles. The number of hydrogen-bond donors (Lipinski definition) is 16. The first-order chi connectivity index (χ1) is 31.0. The monoisotopic (exact) mass is 954 g/mol. The van der Waals surface area contributed by atoms with Crippen LogP contribution in [0.2, 0.25) is 0 Å². The van der Waals surface area contributed by atoms with Crippen LogP contribution in [0.3, 0.4) is 0 Å². The average Bonchev–Trinajstić information content (AvgIpc) is 3.78. The number of aliphatic hydroxyl groups excluding tert-OH is 16. The van der Waals surface area contributed by atoms with Gasteiger partial charge in [0.25, 0.3) is 0 Å². The highest BCUT2D eigenvalue weighted by Gasteiger charge is 2.60. The standard InChI is InChI=1S/C36H58O29/c37-1-7-13(41)14(42)19(47)32(56-7)64-27-11-5-53-29(27)22(50)35(59-11)63-26-10(4-40)58-34(21(49)17(26)45)65-28-12-6-54-30(28)23(51)36(60-12)62-25-9(3-39)57-33(20(48)16(25)44)61-24-8(2-38)55-31(52)18(46)15(24)43/h7-52H,1-6H2/t7-,8-,9-,10-,11-,12-,13-,14+,15-,16-,17-,18-,19-,20-,21-,22-,23-,24-,25-,26-,27-,28-,29-,30-,31?,32-,33-,34-,35-,36-/m1/s1. The highest BCUT2D eigenvalue weighted by molar-refractivity contribution is 5.02. The van der Waals surface area contributed by atoms with Gasteiger partial charge in [-0.3, -0.25) is 0 Å². The van der Waals surface area contributed by atoms with Crippen molar-refractivity contribution in [1.29, 1.82) is 0 Å². The molecule has 0 aromatic rings. The van der Waals surface area contributed by atoms with Gasteiger partial charge in [0, 0.05) is 0 Å². The first-order valence-corrected chi connectivity index (χ1v) is 21.0. The molecule has 8 saturated heterocycles. The Morgan fingerprint density at radius 2 is 0.631 bits per heavy atom. The molecule has 8 fully saturated rings. The predicted octanol–water partition coefficient (Wildman–Crippen LogP) is -12.0. The molecule has 4 bridgehead atoms. The maximum absolute atomic E-state index is 11.3. The predicted molar refractivity (Wildman–Crippen MR) is 192 cm³/mol. The Morgan fingerprint density at radius 1 is 0.308 bits per heavy atom. The van der Waals surface area contributed by atoms with Gasteiger partial charge in [-0.05, 0) is 0 Å². The van der Waals surface area contributed by atoms with Gasteiger partial charge in [0.15, 0.2) is 37.7 Å². The molecule has 29 heteroatoms. The lowest BCUT2D eigenvalue weighted by Gasteiger charge is -2.48. The third-order valence-corrected chi connectivity index (χ3v) is 12.9. The van der Waals surface area contributed by atoms with Gasteiger partial charge in [-0.25, -0.2) is 0 Å². The maximum atomic E-state index is 11.3. The van der Waals surface area contributed by atoms with Crippen LogP contribution in [-0.4, -0.2) is 306 Å². The van der Waals surface area contributed by atoms with Crippen LogP contribution in [0, 0.1) is 0 Å². The number of rotatable bonds is 14. The lowest BCUT2D eigenvalue weighted by atomic mass is 9.96. The van der Waals surface area contributed by atoms with Gasteiger partial charge in [-0.15, -0.1) is 0 Å². The van der Waals surface area contributed by atoms with Gasteiger partial charge >= 0.3 is 0 Å². The summed E-state index contributed by atoms with van der Waals surface area (Å²) < 4.78 is 73.9. The quantitative estimate of drug-likeness (QED) is 0.0769. The van der Waals surface area contributed by atoms with Gasteiger partial charge < -0.3 is 143 Å². The lowest BCUT2D eigenvalue weighted by molar-refractivity contribution is -0.382. The van der Waals surface area contributed by atoms with E-state index in [0.717, 1.165) is 0 Å². The SMILES string of the molecule is OC[C@H]1O[C@H](O[C@H]2[C@@H]3OC[C@H]2O[C@H](O[C@H]2[C@H](O)[C@@H](O)[C@@H](O[C@H]4[C@@H]5OC[C@H]4O[C@H](O[C@H]4[C@H](O)[C@@H](O)[C@@H](O[C@H]6[C@H](O)[C@@H](O)C(O)O[C@@H]6CO)O[C@@H]4CO)[C@@H]5O)O[C@@H]2CO)[C@@H]3O)[C@H](O)[C@@H](O)[C@@H]1O. The molecule has 0 aliphatic carbocycles. The van der Waals surface area contributed by atoms with E-state index >= 15 is 0 Å². The van der Waals surface area contributed by atoms with Crippen molar-refractivity contribution in [1.82, 2.24) is 0 Å². The van der Waals surface area contributed by atoms with E-state index in [1.807, 2.05) is 0 Å². The van der Waals surface area contributed by atoms with Crippen molar-refractivity contribution in [2.24, 2.45) is 0 Å². The largest absolute Gasteiger partial charge is 0.394 e. The molecule has 0 amide bonds. The van der Waals surface area contributed by atoms with Crippen molar-refractivity contribution < 1.29 is 143 Å². The third kappa shape index (κ3) is 9.46. The number of hydrogen-bond acceptors (Lipinski definition) is 29. The molecular weight excluding hydrogens is 896 g/mol. The second kappa shape index (κ2) is 20.7. The van der Waals surface area contributed by atoms with Crippen molar-refractivity contribution >= 4 is 0 Å². The molecule has 376 valence electrons. The Morgan fingerprint density at radius 3 is 1.03 bits per heavy atom. The first kappa shape index (κ1) is 50.2. The van der Waals surface area contributed by atoms with Crippen LogP contribution in [0.4, 0.5) is 0 Å². The highest BCUT2D eigenvalue weighted by atomic mass is 16.8. The second-order valence-electron chi connectivity index (χ2n) is 17.0. The van der Waals surface area contributed by atoms with E-state index in [4.69, 9.17) is 61.6 Å². The summed E-state index contributed by atoms with van der Waals surface area (Å²) >= 11 is 0.